The molecular formula is C46H89NO6. The highest BCUT2D eigenvalue weighted by Crippen LogP contribution is 2.22. The normalized spacial score (nSPS) is 16.9. The highest BCUT2D eigenvalue weighted by Gasteiger charge is 2.28. The smallest absolute Gasteiger partial charge is 0.308 e. The first-order valence-electron chi connectivity index (χ1n) is 23.3. The summed E-state index contributed by atoms with van der Waals surface area (Å²) in [4.78, 5) is 25.8. The van der Waals surface area contributed by atoms with Gasteiger partial charge in [-0.15, -0.1) is 0 Å². The van der Waals surface area contributed by atoms with E-state index in [1.807, 2.05) is 0 Å². The summed E-state index contributed by atoms with van der Waals surface area (Å²) >= 11 is 0. The van der Waals surface area contributed by atoms with Gasteiger partial charge >= 0.3 is 11.9 Å². The summed E-state index contributed by atoms with van der Waals surface area (Å²) in [5.41, 5.74) is 0. The molecule has 7 heteroatoms. The maximum absolute atomic E-state index is 12.9. The van der Waals surface area contributed by atoms with Crippen molar-refractivity contribution >= 4 is 11.9 Å². The molecule has 0 bridgehead atoms. The van der Waals surface area contributed by atoms with E-state index in [4.69, 9.17) is 18.9 Å². The van der Waals surface area contributed by atoms with E-state index >= 15 is 0 Å². The Morgan fingerprint density at radius 3 is 1.06 bits per heavy atom. The Morgan fingerprint density at radius 1 is 0.415 bits per heavy atom. The van der Waals surface area contributed by atoms with Gasteiger partial charge in [-0.2, -0.15) is 0 Å². The molecule has 0 aromatic heterocycles. The van der Waals surface area contributed by atoms with E-state index in [0.29, 0.717) is 26.4 Å². The number of unbranched alkanes of at least 4 members (excludes halogenated alkanes) is 20. The largest absolute Gasteiger partial charge is 0.465 e. The van der Waals surface area contributed by atoms with Gasteiger partial charge in [0.15, 0.2) is 0 Å². The molecule has 1 saturated heterocycles. The molecule has 0 aliphatic carbocycles. The summed E-state index contributed by atoms with van der Waals surface area (Å²) in [5, 5.41) is 3.42. The fraction of sp³-hybridized carbons (Fsp3) is 0.957. The predicted octanol–water partition coefficient (Wildman–Crippen LogP) is 12.5. The van der Waals surface area contributed by atoms with E-state index < -0.39 is 0 Å². The van der Waals surface area contributed by atoms with Crippen LogP contribution in [0.3, 0.4) is 0 Å². The van der Waals surface area contributed by atoms with Crippen LogP contribution in [0.5, 0.6) is 0 Å². The Hall–Kier alpha value is -1.18. The van der Waals surface area contributed by atoms with Crippen molar-refractivity contribution in [3.63, 3.8) is 0 Å². The number of rotatable bonds is 40. The van der Waals surface area contributed by atoms with Crippen LogP contribution in [-0.4, -0.2) is 63.7 Å². The number of nitrogens with one attached hydrogen (secondary N) is 1. The quantitative estimate of drug-likeness (QED) is 0.0493. The number of hydrogen-bond donors (Lipinski definition) is 1. The number of hydrogen-bond acceptors (Lipinski definition) is 7. The van der Waals surface area contributed by atoms with E-state index in [1.165, 1.54) is 103 Å². The Kier molecular flexibility index (Phi) is 35.5. The number of carbonyl (C=O) groups excluding carboxylic acids is 2. The minimum absolute atomic E-state index is 0.0324. The molecule has 0 aromatic rings. The fourth-order valence-electron chi connectivity index (χ4n) is 7.51. The molecule has 0 aromatic carbocycles. The second-order valence-electron chi connectivity index (χ2n) is 16.1. The van der Waals surface area contributed by atoms with E-state index in [0.717, 1.165) is 103 Å². The van der Waals surface area contributed by atoms with Crippen LogP contribution in [0.4, 0.5) is 0 Å². The lowest BCUT2D eigenvalue weighted by atomic mass is 9.94. The number of carbonyl (C=O) groups is 2. The molecule has 0 saturated carbocycles. The van der Waals surface area contributed by atoms with Crippen LogP contribution in [0.15, 0.2) is 0 Å². The number of ether oxygens (including phenoxy) is 4. The Labute approximate surface area is 328 Å². The average molecular weight is 752 g/mol. The summed E-state index contributed by atoms with van der Waals surface area (Å²) in [6.45, 7) is 13.1. The lowest BCUT2D eigenvalue weighted by Crippen LogP contribution is -2.30. The molecule has 1 aliphatic rings. The Bertz CT molecular complexity index is 745. The van der Waals surface area contributed by atoms with Gasteiger partial charge in [0, 0.05) is 26.3 Å². The molecule has 7 nitrogen and oxygen atoms in total. The van der Waals surface area contributed by atoms with Gasteiger partial charge in [-0.25, -0.2) is 0 Å². The van der Waals surface area contributed by atoms with Crippen LogP contribution < -0.4 is 5.32 Å². The molecule has 4 atom stereocenters. The van der Waals surface area contributed by atoms with E-state index in [9.17, 15) is 9.59 Å². The summed E-state index contributed by atoms with van der Waals surface area (Å²) in [5.74, 6) is 0.218. The van der Waals surface area contributed by atoms with Crippen LogP contribution >= 0.6 is 0 Å². The topological polar surface area (TPSA) is 83.1 Å². The van der Waals surface area contributed by atoms with Gasteiger partial charge in [-0.3, -0.25) is 9.59 Å². The minimum Gasteiger partial charge on any atom is -0.465 e. The van der Waals surface area contributed by atoms with Crippen LogP contribution in [0.25, 0.3) is 0 Å². The second kappa shape index (κ2) is 37.7. The van der Waals surface area contributed by atoms with E-state index in [2.05, 4.69) is 33.0 Å². The first-order chi connectivity index (χ1) is 26.1. The molecule has 1 heterocycles. The monoisotopic (exact) mass is 752 g/mol. The third-order valence-corrected chi connectivity index (χ3v) is 11.1. The molecule has 2 unspecified atom stereocenters. The Morgan fingerprint density at radius 2 is 0.698 bits per heavy atom. The van der Waals surface area contributed by atoms with Crippen molar-refractivity contribution in [2.24, 2.45) is 11.8 Å². The second-order valence-corrected chi connectivity index (χ2v) is 16.1. The van der Waals surface area contributed by atoms with Gasteiger partial charge in [0.25, 0.3) is 0 Å². The van der Waals surface area contributed by atoms with Crippen molar-refractivity contribution in [3.8, 4) is 0 Å². The molecule has 314 valence electrons. The van der Waals surface area contributed by atoms with E-state index in [1.54, 1.807) is 0 Å². The van der Waals surface area contributed by atoms with Gasteiger partial charge in [-0.05, 0) is 64.2 Å². The summed E-state index contributed by atoms with van der Waals surface area (Å²) in [6, 6.07) is 0. The van der Waals surface area contributed by atoms with Crippen molar-refractivity contribution in [1.82, 2.24) is 5.32 Å². The van der Waals surface area contributed by atoms with Crippen molar-refractivity contribution in [1.29, 1.82) is 0 Å². The standard InChI is InChI=1S/C46H89NO6/c1-5-9-13-17-19-25-33-41(31-23-15-11-7-3)45(48)52-37-29-21-27-35-50-43-39-47-40-44(43)51-36-28-22-30-38-53-46(49)42(32-24-16-12-8-4)34-26-20-18-14-10-6-2/h41-44,47H,5-40H2,1-4H3/t41?,42?,43-,44+. The van der Waals surface area contributed by atoms with Crippen molar-refractivity contribution in [2.75, 3.05) is 39.5 Å². The summed E-state index contributed by atoms with van der Waals surface area (Å²) < 4.78 is 24.0. The van der Waals surface area contributed by atoms with Gasteiger partial charge in [0.05, 0.1) is 37.3 Å². The fourth-order valence-corrected chi connectivity index (χ4v) is 7.51. The maximum Gasteiger partial charge on any atom is 0.308 e. The molecule has 1 aliphatic heterocycles. The van der Waals surface area contributed by atoms with Crippen molar-refractivity contribution in [2.45, 2.75) is 233 Å². The molecule has 1 fully saturated rings. The first kappa shape index (κ1) is 49.8. The SMILES string of the molecule is CCCCCCCCC(CCCCCC)C(=O)OCCCCCO[C@H]1CNC[C@H]1OCCCCCOC(=O)C(CCCCCC)CCCCCCCC. The van der Waals surface area contributed by atoms with E-state index in [-0.39, 0.29) is 36.0 Å². The molecular weight excluding hydrogens is 663 g/mol. The third-order valence-electron chi connectivity index (χ3n) is 11.1. The zero-order valence-electron chi connectivity index (χ0n) is 35.7. The summed E-state index contributed by atoms with van der Waals surface area (Å²) in [6.07, 6.45) is 34.7. The van der Waals surface area contributed by atoms with Gasteiger partial charge in [0.2, 0.25) is 0 Å². The minimum atomic E-state index is 0.0324. The van der Waals surface area contributed by atoms with Gasteiger partial charge in [0.1, 0.15) is 0 Å². The van der Waals surface area contributed by atoms with Gasteiger partial charge < -0.3 is 24.3 Å². The lowest BCUT2D eigenvalue weighted by Gasteiger charge is -2.20. The molecule has 1 N–H and O–H groups in total. The highest BCUT2D eigenvalue weighted by atomic mass is 16.5. The molecule has 53 heavy (non-hydrogen) atoms. The average Bonchev–Trinajstić information content (AvgIpc) is 3.61. The molecule has 0 amide bonds. The van der Waals surface area contributed by atoms with Crippen LogP contribution in [-0.2, 0) is 28.5 Å². The van der Waals surface area contributed by atoms with Crippen molar-refractivity contribution in [3.05, 3.63) is 0 Å². The lowest BCUT2D eigenvalue weighted by molar-refractivity contribution is -0.150. The zero-order valence-corrected chi connectivity index (χ0v) is 35.7. The third kappa shape index (κ3) is 28.8. The van der Waals surface area contributed by atoms with Crippen LogP contribution in [0, 0.1) is 11.8 Å². The Balaban J connectivity index is 2.18. The first-order valence-corrected chi connectivity index (χ1v) is 23.3. The summed E-state index contributed by atoms with van der Waals surface area (Å²) in [7, 11) is 0. The molecule has 1 rings (SSSR count). The number of esters is 2. The van der Waals surface area contributed by atoms with Crippen LogP contribution in [0.1, 0.15) is 220 Å². The van der Waals surface area contributed by atoms with Gasteiger partial charge in [-0.1, -0.05) is 156 Å². The predicted molar refractivity (Wildman–Crippen MR) is 222 cm³/mol. The van der Waals surface area contributed by atoms with Crippen molar-refractivity contribution < 1.29 is 28.5 Å². The van der Waals surface area contributed by atoms with Crippen LogP contribution in [0.2, 0.25) is 0 Å². The molecule has 0 radical (unpaired) electrons. The molecule has 0 spiro atoms. The highest BCUT2D eigenvalue weighted by molar-refractivity contribution is 5.72. The maximum atomic E-state index is 12.9. The zero-order chi connectivity index (χ0) is 38.5.